The summed E-state index contributed by atoms with van der Waals surface area (Å²) in [5.74, 6) is -1.08. The number of urea groups is 1. The van der Waals surface area contributed by atoms with Gasteiger partial charge in [0.2, 0.25) is 0 Å². The Morgan fingerprint density at radius 1 is 1.33 bits per heavy atom. The summed E-state index contributed by atoms with van der Waals surface area (Å²) in [4.78, 5) is 35.2. The van der Waals surface area contributed by atoms with E-state index >= 15 is 0 Å². The molecule has 1 heterocycles. The van der Waals surface area contributed by atoms with Gasteiger partial charge in [-0.25, -0.2) is 4.79 Å². The highest BCUT2D eigenvalue weighted by molar-refractivity contribution is 7.09. The molecule has 0 atom stereocenters. The normalized spacial score (nSPS) is 10.2. The Labute approximate surface area is 127 Å². The minimum Gasteiger partial charge on any atom is -0.456 e. The molecule has 1 aromatic rings. The molecule has 116 valence electrons. The van der Waals surface area contributed by atoms with Gasteiger partial charge in [-0.15, -0.1) is 11.3 Å². The molecule has 0 aliphatic heterocycles. The van der Waals surface area contributed by atoms with Gasteiger partial charge < -0.3 is 10.1 Å². The molecule has 0 aliphatic carbocycles. The molecule has 0 spiro atoms. The first kappa shape index (κ1) is 17.2. The fourth-order valence-corrected chi connectivity index (χ4v) is 2.29. The molecule has 0 aromatic carbocycles. The second-order valence-electron chi connectivity index (χ2n) is 4.77. The van der Waals surface area contributed by atoms with E-state index in [0.29, 0.717) is 6.42 Å². The first-order valence-electron chi connectivity index (χ1n) is 6.75. The molecule has 2 N–H and O–H groups in total. The summed E-state index contributed by atoms with van der Waals surface area (Å²) in [7, 11) is 0. The number of aryl methyl sites for hydroxylation is 1. The van der Waals surface area contributed by atoms with Crippen molar-refractivity contribution in [3.63, 3.8) is 0 Å². The SMILES string of the molecule is CC(C)NC(=O)NC(=O)COC(=O)CCCc1cccs1. The van der Waals surface area contributed by atoms with Crippen LogP contribution in [0.15, 0.2) is 17.5 Å². The van der Waals surface area contributed by atoms with Crippen LogP contribution in [0.3, 0.4) is 0 Å². The van der Waals surface area contributed by atoms with Crippen molar-refractivity contribution in [1.29, 1.82) is 0 Å². The van der Waals surface area contributed by atoms with Gasteiger partial charge in [-0.05, 0) is 38.1 Å². The highest BCUT2D eigenvalue weighted by Crippen LogP contribution is 2.12. The van der Waals surface area contributed by atoms with Gasteiger partial charge in [0.15, 0.2) is 6.61 Å². The van der Waals surface area contributed by atoms with Crippen molar-refractivity contribution in [2.75, 3.05) is 6.61 Å². The van der Waals surface area contributed by atoms with Gasteiger partial charge in [-0.1, -0.05) is 6.07 Å². The van der Waals surface area contributed by atoms with Crippen LogP contribution < -0.4 is 10.6 Å². The number of amides is 3. The van der Waals surface area contributed by atoms with Crippen molar-refractivity contribution in [2.45, 2.75) is 39.2 Å². The zero-order chi connectivity index (χ0) is 15.7. The Balaban J connectivity index is 2.11. The zero-order valence-electron chi connectivity index (χ0n) is 12.2. The number of imide groups is 1. The smallest absolute Gasteiger partial charge is 0.321 e. The summed E-state index contributed by atoms with van der Waals surface area (Å²) < 4.78 is 4.80. The fraction of sp³-hybridized carbons (Fsp3) is 0.500. The van der Waals surface area contributed by atoms with Crippen LogP contribution in [-0.2, 0) is 20.7 Å². The summed E-state index contributed by atoms with van der Waals surface area (Å²) in [6.07, 6.45) is 1.74. The maximum Gasteiger partial charge on any atom is 0.321 e. The van der Waals surface area contributed by atoms with Crippen molar-refractivity contribution in [1.82, 2.24) is 10.6 Å². The van der Waals surface area contributed by atoms with Crippen molar-refractivity contribution < 1.29 is 19.1 Å². The number of hydrogen-bond donors (Lipinski definition) is 2. The molecule has 0 unspecified atom stereocenters. The molecule has 7 heteroatoms. The molecule has 0 bridgehead atoms. The lowest BCUT2D eigenvalue weighted by molar-refractivity contribution is -0.148. The summed E-state index contributed by atoms with van der Waals surface area (Å²) in [5.41, 5.74) is 0. The third-order valence-corrected chi connectivity index (χ3v) is 3.36. The lowest BCUT2D eigenvalue weighted by Crippen LogP contribution is -2.44. The second-order valence-corrected chi connectivity index (χ2v) is 5.80. The standard InChI is InChI=1S/C14H20N2O4S/c1-10(2)15-14(19)16-12(17)9-20-13(18)7-3-5-11-6-4-8-21-11/h4,6,8,10H,3,5,7,9H2,1-2H3,(H2,15,16,17,19). The third kappa shape index (κ3) is 8.09. The summed E-state index contributed by atoms with van der Waals surface area (Å²) in [5, 5.41) is 6.57. The second kappa shape index (κ2) is 9.12. The van der Waals surface area contributed by atoms with Crippen molar-refractivity contribution in [2.24, 2.45) is 0 Å². The minimum absolute atomic E-state index is 0.0717. The molecular formula is C14H20N2O4S. The first-order chi connectivity index (χ1) is 9.97. The van der Waals surface area contributed by atoms with Crippen LogP contribution in [0.25, 0.3) is 0 Å². The van der Waals surface area contributed by atoms with E-state index in [1.165, 1.54) is 4.88 Å². The Bertz CT molecular complexity index is 471. The van der Waals surface area contributed by atoms with E-state index < -0.39 is 24.5 Å². The van der Waals surface area contributed by atoms with Gasteiger partial charge in [0.1, 0.15) is 0 Å². The number of esters is 1. The monoisotopic (exact) mass is 312 g/mol. The summed E-state index contributed by atoms with van der Waals surface area (Å²) >= 11 is 1.64. The highest BCUT2D eigenvalue weighted by atomic mass is 32.1. The third-order valence-electron chi connectivity index (χ3n) is 2.42. The van der Waals surface area contributed by atoms with Crippen LogP contribution in [0, 0.1) is 0 Å². The molecule has 0 fully saturated rings. The number of hydrogen-bond acceptors (Lipinski definition) is 5. The van der Waals surface area contributed by atoms with Gasteiger partial charge in [-0.2, -0.15) is 0 Å². The van der Waals surface area contributed by atoms with Gasteiger partial charge in [0.05, 0.1) is 0 Å². The zero-order valence-corrected chi connectivity index (χ0v) is 13.0. The number of ether oxygens (including phenoxy) is 1. The quantitative estimate of drug-likeness (QED) is 0.753. The predicted octanol–water partition coefficient (Wildman–Crippen LogP) is 1.85. The number of thiophene rings is 1. The number of carbonyl (C=O) groups is 3. The highest BCUT2D eigenvalue weighted by Gasteiger charge is 2.11. The maximum absolute atomic E-state index is 11.4. The molecule has 0 saturated heterocycles. The van der Waals surface area contributed by atoms with Gasteiger partial charge in [0, 0.05) is 17.3 Å². The largest absolute Gasteiger partial charge is 0.456 e. The Kier molecular flexibility index (Phi) is 7.45. The molecule has 21 heavy (non-hydrogen) atoms. The molecule has 1 rings (SSSR count). The number of rotatable bonds is 7. The lowest BCUT2D eigenvalue weighted by Gasteiger charge is -2.09. The predicted molar refractivity (Wildman–Crippen MR) is 80.0 cm³/mol. The molecule has 6 nitrogen and oxygen atoms in total. The molecule has 1 aromatic heterocycles. The fourth-order valence-electron chi connectivity index (χ4n) is 1.54. The van der Waals surface area contributed by atoms with E-state index in [1.54, 1.807) is 25.2 Å². The average molecular weight is 312 g/mol. The molecule has 3 amide bonds. The topological polar surface area (TPSA) is 84.5 Å². The van der Waals surface area contributed by atoms with Crippen LogP contribution in [-0.4, -0.2) is 30.6 Å². The molecule has 0 aliphatic rings. The average Bonchev–Trinajstić information content (AvgIpc) is 2.88. The minimum atomic E-state index is -0.639. The number of carbonyl (C=O) groups excluding carboxylic acids is 3. The lowest BCUT2D eigenvalue weighted by atomic mass is 10.2. The summed E-state index contributed by atoms with van der Waals surface area (Å²) in [6.45, 7) is 3.11. The van der Waals surface area contributed by atoms with Crippen molar-refractivity contribution in [3.05, 3.63) is 22.4 Å². The van der Waals surface area contributed by atoms with Crippen LogP contribution in [0.1, 0.15) is 31.6 Å². The van der Waals surface area contributed by atoms with Gasteiger partial charge in [0.25, 0.3) is 5.91 Å². The van der Waals surface area contributed by atoms with Crippen molar-refractivity contribution >= 4 is 29.2 Å². The van der Waals surface area contributed by atoms with E-state index in [9.17, 15) is 14.4 Å². The van der Waals surface area contributed by atoms with Crippen LogP contribution >= 0.6 is 11.3 Å². The van der Waals surface area contributed by atoms with E-state index in [2.05, 4.69) is 10.6 Å². The van der Waals surface area contributed by atoms with Crippen LogP contribution in [0.4, 0.5) is 4.79 Å². The molecule has 0 radical (unpaired) electrons. The van der Waals surface area contributed by atoms with E-state index in [1.807, 2.05) is 17.5 Å². The van der Waals surface area contributed by atoms with E-state index in [-0.39, 0.29) is 12.5 Å². The Hall–Kier alpha value is -1.89. The first-order valence-corrected chi connectivity index (χ1v) is 7.63. The van der Waals surface area contributed by atoms with Gasteiger partial charge >= 0.3 is 12.0 Å². The number of nitrogens with one attached hydrogen (secondary N) is 2. The molecule has 0 saturated carbocycles. The maximum atomic E-state index is 11.4. The Morgan fingerprint density at radius 2 is 2.10 bits per heavy atom. The van der Waals surface area contributed by atoms with Crippen molar-refractivity contribution in [3.8, 4) is 0 Å². The van der Waals surface area contributed by atoms with Gasteiger partial charge in [-0.3, -0.25) is 14.9 Å². The Morgan fingerprint density at radius 3 is 2.71 bits per heavy atom. The van der Waals surface area contributed by atoms with Crippen LogP contribution in [0.2, 0.25) is 0 Å². The van der Waals surface area contributed by atoms with E-state index in [4.69, 9.17) is 4.74 Å². The summed E-state index contributed by atoms with van der Waals surface area (Å²) in [6, 6.07) is 3.31. The molecular weight excluding hydrogens is 292 g/mol. The van der Waals surface area contributed by atoms with E-state index in [0.717, 1.165) is 6.42 Å². The van der Waals surface area contributed by atoms with Crippen LogP contribution in [0.5, 0.6) is 0 Å².